The first-order valence-electron chi connectivity index (χ1n) is 6.50. The normalized spacial score (nSPS) is 10.8. The smallest absolute Gasteiger partial charge is 0.221 e. The molecule has 0 radical (unpaired) electrons. The van der Waals surface area contributed by atoms with Gasteiger partial charge >= 0.3 is 0 Å². The van der Waals surface area contributed by atoms with Gasteiger partial charge in [0.2, 0.25) is 11.8 Å². The molecule has 0 aromatic carbocycles. The van der Waals surface area contributed by atoms with Crippen molar-refractivity contribution in [3.63, 3.8) is 0 Å². The standard InChI is InChI=1S/C13H27N3O2/c1-11(2)10-16(12(3)17)8-6-13(18)14-7-9-15(4)5/h11H,6-10H2,1-5H3,(H,14,18). The molecule has 2 amide bonds. The zero-order chi connectivity index (χ0) is 14.1. The third-order valence-electron chi connectivity index (χ3n) is 2.52. The first-order chi connectivity index (χ1) is 8.32. The van der Waals surface area contributed by atoms with Crippen molar-refractivity contribution >= 4 is 11.8 Å². The minimum Gasteiger partial charge on any atom is -0.355 e. The molecule has 0 bridgehead atoms. The van der Waals surface area contributed by atoms with Crippen molar-refractivity contribution < 1.29 is 9.59 Å². The van der Waals surface area contributed by atoms with E-state index in [2.05, 4.69) is 19.2 Å². The van der Waals surface area contributed by atoms with E-state index in [1.807, 2.05) is 19.0 Å². The maximum absolute atomic E-state index is 11.6. The Balaban J connectivity index is 3.89. The molecular formula is C13H27N3O2. The van der Waals surface area contributed by atoms with Crippen molar-refractivity contribution in [3.8, 4) is 0 Å². The summed E-state index contributed by atoms with van der Waals surface area (Å²) in [5.41, 5.74) is 0. The van der Waals surface area contributed by atoms with E-state index >= 15 is 0 Å². The molecule has 0 saturated heterocycles. The van der Waals surface area contributed by atoms with Gasteiger partial charge in [-0.15, -0.1) is 0 Å². The Morgan fingerprint density at radius 3 is 2.22 bits per heavy atom. The summed E-state index contributed by atoms with van der Waals surface area (Å²) in [5.74, 6) is 0.461. The lowest BCUT2D eigenvalue weighted by atomic mass is 10.2. The highest BCUT2D eigenvalue weighted by Gasteiger charge is 2.12. The summed E-state index contributed by atoms with van der Waals surface area (Å²) in [4.78, 5) is 26.7. The van der Waals surface area contributed by atoms with Crippen LogP contribution in [0, 0.1) is 5.92 Å². The molecule has 0 rings (SSSR count). The third kappa shape index (κ3) is 8.98. The molecule has 0 aromatic heterocycles. The van der Waals surface area contributed by atoms with E-state index in [9.17, 15) is 9.59 Å². The number of carbonyl (C=O) groups excluding carboxylic acids is 2. The predicted molar refractivity (Wildman–Crippen MR) is 73.3 cm³/mol. The Hall–Kier alpha value is -1.10. The van der Waals surface area contributed by atoms with Crippen molar-refractivity contribution in [2.75, 3.05) is 40.3 Å². The second kappa shape index (κ2) is 8.91. The molecule has 0 saturated carbocycles. The molecule has 0 aliphatic carbocycles. The van der Waals surface area contributed by atoms with Crippen molar-refractivity contribution in [2.45, 2.75) is 27.2 Å². The number of hydrogen-bond donors (Lipinski definition) is 1. The molecule has 106 valence electrons. The largest absolute Gasteiger partial charge is 0.355 e. The molecule has 5 nitrogen and oxygen atoms in total. The average molecular weight is 257 g/mol. The highest BCUT2D eigenvalue weighted by Crippen LogP contribution is 2.00. The lowest BCUT2D eigenvalue weighted by Gasteiger charge is -2.22. The lowest BCUT2D eigenvalue weighted by molar-refractivity contribution is -0.130. The van der Waals surface area contributed by atoms with E-state index < -0.39 is 0 Å². The Bertz CT molecular complexity index is 265. The number of rotatable bonds is 8. The molecule has 0 aliphatic rings. The maximum Gasteiger partial charge on any atom is 0.221 e. The van der Waals surface area contributed by atoms with Crippen LogP contribution in [-0.2, 0) is 9.59 Å². The number of nitrogens with one attached hydrogen (secondary N) is 1. The molecule has 5 heteroatoms. The average Bonchev–Trinajstić information content (AvgIpc) is 2.22. The van der Waals surface area contributed by atoms with Gasteiger partial charge in [-0.05, 0) is 20.0 Å². The Labute approximate surface area is 111 Å². The fourth-order valence-corrected chi connectivity index (χ4v) is 1.56. The number of carbonyl (C=O) groups is 2. The van der Waals surface area contributed by atoms with Crippen LogP contribution in [0.5, 0.6) is 0 Å². The third-order valence-corrected chi connectivity index (χ3v) is 2.52. The molecule has 0 spiro atoms. The predicted octanol–water partition coefficient (Wildman–Crippen LogP) is 0.559. The second-order valence-corrected chi connectivity index (χ2v) is 5.26. The highest BCUT2D eigenvalue weighted by molar-refractivity contribution is 5.77. The van der Waals surface area contributed by atoms with Gasteiger partial charge in [0.05, 0.1) is 0 Å². The van der Waals surface area contributed by atoms with Crippen LogP contribution in [0.15, 0.2) is 0 Å². The van der Waals surface area contributed by atoms with Crippen LogP contribution in [0.2, 0.25) is 0 Å². The van der Waals surface area contributed by atoms with Crippen LogP contribution in [0.1, 0.15) is 27.2 Å². The summed E-state index contributed by atoms with van der Waals surface area (Å²) in [6.07, 6.45) is 0.375. The SMILES string of the molecule is CC(=O)N(CCC(=O)NCCN(C)C)CC(C)C. The van der Waals surface area contributed by atoms with Crippen LogP contribution in [-0.4, -0.2) is 61.9 Å². The minimum absolute atomic E-state index is 0.00635. The highest BCUT2D eigenvalue weighted by atomic mass is 16.2. The summed E-state index contributed by atoms with van der Waals surface area (Å²) in [6.45, 7) is 8.36. The summed E-state index contributed by atoms with van der Waals surface area (Å²) in [7, 11) is 3.93. The summed E-state index contributed by atoms with van der Waals surface area (Å²) in [6, 6.07) is 0. The fourth-order valence-electron chi connectivity index (χ4n) is 1.56. The van der Waals surface area contributed by atoms with Gasteiger partial charge in [0.25, 0.3) is 0 Å². The van der Waals surface area contributed by atoms with Gasteiger partial charge in [-0.3, -0.25) is 9.59 Å². The van der Waals surface area contributed by atoms with E-state index in [0.29, 0.717) is 32.0 Å². The quantitative estimate of drug-likeness (QED) is 0.691. The molecule has 0 heterocycles. The number of nitrogens with zero attached hydrogens (tertiary/aromatic N) is 2. The van der Waals surface area contributed by atoms with Crippen molar-refractivity contribution in [2.24, 2.45) is 5.92 Å². The van der Waals surface area contributed by atoms with Crippen molar-refractivity contribution in [1.29, 1.82) is 0 Å². The van der Waals surface area contributed by atoms with Crippen LogP contribution in [0.4, 0.5) is 0 Å². The number of likely N-dealkylation sites (N-methyl/N-ethyl adjacent to an activating group) is 1. The molecule has 0 aliphatic heterocycles. The summed E-state index contributed by atoms with van der Waals surface area (Å²) in [5, 5.41) is 2.84. The van der Waals surface area contributed by atoms with Crippen LogP contribution >= 0.6 is 0 Å². The Morgan fingerprint density at radius 2 is 1.78 bits per heavy atom. The van der Waals surface area contributed by atoms with Crippen molar-refractivity contribution in [3.05, 3.63) is 0 Å². The van der Waals surface area contributed by atoms with Gasteiger partial charge in [-0.25, -0.2) is 0 Å². The zero-order valence-electron chi connectivity index (χ0n) is 12.3. The van der Waals surface area contributed by atoms with Gasteiger partial charge in [0.15, 0.2) is 0 Å². The van der Waals surface area contributed by atoms with E-state index in [1.165, 1.54) is 0 Å². The molecule has 0 fully saturated rings. The van der Waals surface area contributed by atoms with Gasteiger partial charge < -0.3 is 15.1 Å². The monoisotopic (exact) mass is 257 g/mol. The molecule has 0 unspecified atom stereocenters. The van der Waals surface area contributed by atoms with E-state index in [0.717, 1.165) is 6.54 Å². The maximum atomic E-state index is 11.6. The first-order valence-corrected chi connectivity index (χ1v) is 6.50. The van der Waals surface area contributed by atoms with Gasteiger partial charge in [-0.2, -0.15) is 0 Å². The molecule has 0 atom stereocenters. The fraction of sp³-hybridized carbons (Fsp3) is 0.846. The zero-order valence-corrected chi connectivity index (χ0v) is 12.3. The van der Waals surface area contributed by atoms with Gasteiger partial charge in [0, 0.05) is 39.5 Å². The second-order valence-electron chi connectivity index (χ2n) is 5.26. The van der Waals surface area contributed by atoms with Gasteiger partial charge in [-0.1, -0.05) is 13.8 Å². The lowest BCUT2D eigenvalue weighted by Crippen LogP contribution is -2.37. The molecular weight excluding hydrogens is 230 g/mol. The van der Waals surface area contributed by atoms with E-state index in [4.69, 9.17) is 0 Å². The van der Waals surface area contributed by atoms with Crippen LogP contribution in [0.3, 0.4) is 0 Å². The summed E-state index contributed by atoms with van der Waals surface area (Å²) < 4.78 is 0. The van der Waals surface area contributed by atoms with E-state index in [1.54, 1.807) is 11.8 Å². The molecule has 1 N–H and O–H groups in total. The minimum atomic E-state index is 0.00635. The molecule has 0 aromatic rings. The topological polar surface area (TPSA) is 52.7 Å². The Kier molecular flexibility index (Phi) is 8.37. The van der Waals surface area contributed by atoms with Crippen LogP contribution < -0.4 is 5.32 Å². The summed E-state index contributed by atoms with van der Waals surface area (Å²) >= 11 is 0. The van der Waals surface area contributed by atoms with Crippen LogP contribution in [0.25, 0.3) is 0 Å². The number of hydrogen-bond acceptors (Lipinski definition) is 3. The number of amides is 2. The Morgan fingerprint density at radius 1 is 1.17 bits per heavy atom. The van der Waals surface area contributed by atoms with E-state index in [-0.39, 0.29) is 11.8 Å². The first kappa shape index (κ1) is 16.9. The van der Waals surface area contributed by atoms with Crippen molar-refractivity contribution in [1.82, 2.24) is 15.1 Å². The van der Waals surface area contributed by atoms with Gasteiger partial charge in [0.1, 0.15) is 0 Å². The molecule has 18 heavy (non-hydrogen) atoms.